The summed E-state index contributed by atoms with van der Waals surface area (Å²) >= 11 is 9.17. The number of carbonyl (C=O) groups excluding carboxylic acids is 1. The van der Waals surface area contributed by atoms with Gasteiger partial charge in [0.25, 0.3) is 5.91 Å². The molecule has 1 N–H and O–H groups in total. The van der Waals surface area contributed by atoms with E-state index in [0.29, 0.717) is 10.9 Å². The molecule has 5 heteroatoms. The molecule has 0 aromatic heterocycles. The van der Waals surface area contributed by atoms with Crippen LogP contribution in [0.1, 0.15) is 15.9 Å². The van der Waals surface area contributed by atoms with Gasteiger partial charge in [0.15, 0.2) is 0 Å². The van der Waals surface area contributed by atoms with Gasteiger partial charge in [-0.3, -0.25) is 4.79 Å². The minimum absolute atomic E-state index is 0.00117. The third kappa shape index (κ3) is 3.33. The lowest BCUT2D eigenvalue weighted by molar-refractivity contribution is 0.102. The molecule has 0 radical (unpaired) electrons. The van der Waals surface area contributed by atoms with E-state index in [-0.39, 0.29) is 10.7 Å². The Bertz CT molecular complexity index is 581. The third-order valence-corrected chi connectivity index (χ3v) is 3.53. The smallest absolute Gasteiger partial charge is 0.255 e. The van der Waals surface area contributed by atoms with Crippen LogP contribution in [-0.4, -0.2) is 5.91 Å². The van der Waals surface area contributed by atoms with Crippen LogP contribution in [0.25, 0.3) is 0 Å². The van der Waals surface area contributed by atoms with Gasteiger partial charge in [-0.1, -0.05) is 45.7 Å². The van der Waals surface area contributed by atoms with E-state index >= 15 is 0 Å². The van der Waals surface area contributed by atoms with Gasteiger partial charge in [-0.2, -0.15) is 0 Å². The minimum atomic E-state index is -0.557. The summed E-state index contributed by atoms with van der Waals surface area (Å²) in [6, 6.07) is 11.3. The summed E-state index contributed by atoms with van der Waals surface area (Å²) in [5.74, 6) is -0.953. The van der Waals surface area contributed by atoms with Gasteiger partial charge in [-0.25, -0.2) is 4.39 Å². The van der Waals surface area contributed by atoms with Gasteiger partial charge in [0, 0.05) is 10.9 Å². The summed E-state index contributed by atoms with van der Waals surface area (Å²) in [6.07, 6.45) is 0. The van der Waals surface area contributed by atoms with Crippen molar-refractivity contribution in [3.8, 4) is 0 Å². The van der Waals surface area contributed by atoms with Crippen LogP contribution in [0.2, 0.25) is 5.02 Å². The first-order valence-electron chi connectivity index (χ1n) is 5.52. The number of benzene rings is 2. The zero-order valence-corrected chi connectivity index (χ0v) is 12.1. The lowest BCUT2D eigenvalue weighted by Gasteiger charge is -2.08. The SMILES string of the molecule is O=C(Nc1c(F)cccc1Cl)c1ccc(CBr)cc1. The van der Waals surface area contributed by atoms with Crippen molar-refractivity contribution in [2.24, 2.45) is 0 Å². The van der Waals surface area contributed by atoms with E-state index in [1.807, 2.05) is 12.1 Å². The first-order valence-corrected chi connectivity index (χ1v) is 7.02. The van der Waals surface area contributed by atoms with Crippen molar-refractivity contribution in [3.05, 3.63) is 64.4 Å². The molecule has 2 nitrogen and oxygen atoms in total. The van der Waals surface area contributed by atoms with E-state index in [1.165, 1.54) is 18.2 Å². The maximum Gasteiger partial charge on any atom is 0.255 e. The van der Waals surface area contributed by atoms with E-state index < -0.39 is 11.7 Å². The predicted molar refractivity (Wildman–Crippen MR) is 78.4 cm³/mol. The van der Waals surface area contributed by atoms with Crippen LogP contribution >= 0.6 is 27.5 Å². The average Bonchev–Trinajstić information content (AvgIpc) is 2.43. The lowest BCUT2D eigenvalue weighted by atomic mass is 10.1. The standard InChI is InChI=1S/C14H10BrClFNO/c15-8-9-4-6-10(7-5-9)14(19)18-13-11(16)2-1-3-12(13)17/h1-7H,8H2,(H,18,19). The molecule has 0 aliphatic rings. The molecule has 98 valence electrons. The summed E-state index contributed by atoms with van der Waals surface area (Å²) in [5, 5.41) is 3.36. The maximum absolute atomic E-state index is 13.5. The summed E-state index contributed by atoms with van der Waals surface area (Å²) in [7, 11) is 0. The quantitative estimate of drug-likeness (QED) is 0.810. The Morgan fingerprint density at radius 3 is 2.47 bits per heavy atom. The van der Waals surface area contributed by atoms with Gasteiger partial charge >= 0.3 is 0 Å². The summed E-state index contributed by atoms with van der Waals surface area (Å²) in [4.78, 5) is 12.0. The molecule has 0 saturated carbocycles. The first kappa shape index (κ1) is 14.0. The van der Waals surface area contributed by atoms with E-state index in [0.717, 1.165) is 5.56 Å². The Kier molecular flexibility index (Phi) is 4.56. The molecule has 0 fully saturated rings. The third-order valence-electron chi connectivity index (χ3n) is 2.57. The zero-order valence-electron chi connectivity index (χ0n) is 9.79. The Morgan fingerprint density at radius 1 is 1.21 bits per heavy atom. The molecule has 0 saturated heterocycles. The van der Waals surface area contributed by atoms with Crippen molar-refractivity contribution < 1.29 is 9.18 Å². The van der Waals surface area contributed by atoms with Crippen LogP contribution in [0.15, 0.2) is 42.5 Å². The molecule has 0 aliphatic heterocycles. The maximum atomic E-state index is 13.5. The molecule has 0 heterocycles. The summed E-state index contributed by atoms with van der Waals surface area (Å²) in [5.41, 5.74) is 1.50. The van der Waals surface area contributed by atoms with Gasteiger partial charge in [0.05, 0.1) is 10.7 Å². The highest BCUT2D eigenvalue weighted by Crippen LogP contribution is 2.25. The van der Waals surface area contributed by atoms with Crippen LogP contribution in [0, 0.1) is 5.82 Å². The predicted octanol–water partition coefficient (Wildman–Crippen LogP) is 4.63. The van der Waals surface area contributed by atoms with Crippen LogP contribution < -0.4 is 5.32 Å². The normalized spacial score (nSPS) is 10.3. The highest BCUT2D eigenvalue weighted by atomic mass is 79.9. The van der Waals surface area contributed by atoms with Crippen molar-refractivity contribution in [3.63, 3.8) is 0 Å². The summed E-state index contributed by atoms with van der Waals surface area (Å²) < 4.78 is 13.5. The van der Waals surface area contributed by atoms with E-state index in [4.69, 9.17) is 11.6 Å². The Labute approximate surface area is 123 Å². The molecular formula is C14H10BrClFNO. The fraction of sp³-hybridized carbons (Fsp3) is 0.0714. The van der Waals surface area contributed by atoms with E-state index in [1.54, 1.807) is 12.1 Å². The molecule has 0 unspecified atom stereocenters. The number of carbonyl (C=O) groups is 1. The Balaban J connectivity index is 2.20. The van der Waals surface area contributed by atoms with Crippen molar-refractivity contribution in [2.45, 2.75) is 5.33 Å². The highest BCUT2D eigenvalue weighted by molar-refractivity contribution is 9.08. The van der Waals surface area contributed by atoms with Gasteiger partial charge < -0.3 is 5.32 Å². The molecule has 1 amide bonds. The van der Waals surface area contributed by atoms with Crippen molar-refractivity contribution >= 4 is 39.1 Å². The molecule has 19 heavy (non-hydrogen) atoms. The number of halogens is 3. The number of hydrogen-bond donors (Lipinski definition) is 1. The zero-order chi connectivity index (χ0) is 13.8. The molecular weight excluding hydrogens is 333 g/mol. The number of para-hydroxylation sites is 1. The number of anilines is 1. The van der Waals surface area contributed by atoms with Crippen LogP contribution in [0.3, 0.4) is 0 Å². The minimum Gasteiger partial charge on any atom is -0.318 e. The highest BCUT2D eigenvalue weighted by Gasteiger charge is 2.12. The van der Waals surface area contributed by atoms with Crippen LogP contribution in [0.5, 0.6) is 0 Å². The second kappa shape index (κ2) is 6.17. The van der Waals surface area contributed by atoms with Crippen LogP contribution in [-0.2, 0) is 5.33 Å². The molecule has 2 aromatic rings. The second-order valence-corrected chi connectivity index (χ2v) is 4.85. The van der Waals surface area contributed by atoms with Crippen molar-refractivity contribution in [1.82, 2.24) is 0 Å². The molecule has 0 spiro atoms. The van der Waals surface area contributed by atoms with Crippen molar-refractivity contribution in [2.75, 3.05) is 5.32 Å². The average molecular weight is 343 g/mol. The second-order valence-electron chi connectivity index (χ2n) is 3.88. The number of nitrogens with one attached hydrogen (secondary N) is 1. The Hall–Kier alpha value is -1.39. The van der Waals surface area contributed by atoms with Crippen LogP contribution in [0.4, 0.5) is 10.1 Å². The van der Waals surface area contributed by atoms with E-state index in [9.17, 15) is 9.18 Å². The number of amides is 1. The molecule has 0 aliphatic carbocycles. The van der Waals surface area contributed by atoms with E-state index in [2.05, 4.69) is 21.2 Å². The molecule has 2 rings (SSSR count). The Morgan fingerprint density at radius 2 is 1.89 bits per heavy atom. The van der Waals surface area contributed by atoms with Gasteiger partial charge in [0.2, 0.25) is 0 Å². The van der Waals surface area contributed by atoms with Gasteiger partial charge in [-0.05, 0) is 29.8 Å². The summed E-state index contributed by atoms with van der Waals surface area (Å²) in [6.45, 7) is 0. The number of alkyl halides is 1. The fourth-order valence-electron chi connectivity index (χ4n) is 1.55. The molecule has 0 atom stereocenters. The first-order chi connectivity index (χ1) is 9.11. The number of hydrogen-bond acceptors (Lipinski definition) is 1. The van der Waals surface area contributed by atoms with Gasteiger partial charge in [0.1, 0.15) is 5.82 Å². The van der Waals surface area contributed by atoms with Crippen molar-refractivity contribution in [1.29, 1.82) is 0 Å². The lowest BCUT2D eigenvalue weighted by Crippen LogP contribution is -2.13. The largest absolute Gasteiger partial charge is 0.318 e. The molecule has 2 aromatic carbocycles. The topological polar surface area (TPSA) is 29.1 Å². The number of rotatable bonds is 3. The fourth-order valence-corrected chi connectivity index (χ4v) is 2.13. The monoisotopic (exact) mass is 341 g/mol. The van der Waals surface area contributed by atoms with Gasteiger partial charge in [-0.15, -0.1) is 0 Å². The molecule has 0 bridgehead atoms.